The van der Waals surface area contributed by atoms with Gasteiger partial charge in [-0.1, -0.05) is 26.0 Å². The van der Waals surface area contributed by atoms with Crippen molar-refractivity contribution in [3.8, 4) is 0 Å². The maximum absolute atomic E-state index is 13.0. The van der Waals surface area contributed by atoms with Crippen molar-refractivity contribution in [2.75, 3.05) is 13.1 Å². The molecule has 0 aliphatic carbocycles. The molecule has 0 unspecified atom stereocenters. The Morgan fingerprint density at radius 2 is 1.61 bits per heavy atom. The zero-order chi connectivity index (χ0) is 17.4. The Labute approximate surface area is 137 Å². The lowest BCUT2D eigenvalue weighted by atomic mass is 9.96. The van der Waals surface area contributed by atoms with Crippen LogP contribution in [0.4, 0.5) is 4.39 Å². The fourth-order valence-electron chi connectivity index (χ4n) is 2.23. The number of carbonyl (C=O) groups is 2. The van der Waals surface area contributed by atoms with E-state index in [1.807, 2.05) is 27.7 Å². The van der Waals surface area contributed by atoms with Gasteiger partial charge >= 0.3 is 0 Å². The summed E-state index contributed by atoms with van der Waals surface area (Å²) >= 11 is 0. The van der Waals surface area contributed by atoms with Crippen LogP contribution in [0, 0.1) is 11.7 Å². The second kappa shape index (κ2) is 9.25. The van der Waals surface area contributed by atoms with Crippen LogP contribution in [0.5, 0.6) is 0 Å². The number of nitrogens with one attached hydrogen (secondary N) is 3. The lowest BCUT2D eigenvalue weighted by Gasteiger charge is -2.22. The van der Waals surface area contributed by atoms with Crippen molar-refractivity contribution >= 4 is 11.8 Å². The second-order valence-corrected chi connectivity index (χ2v) is 6.15. The van der Waals surface area contributed by atoms with Crippen LogP contribution in [0.2, 0.25) is 0 Å². The van der Waals surface area contributed by atoms with Gasteiger partial charge in [-0.15, -0.1) is 0 Å². The SMILES string of the molecule is CC(C)NC(=O)CNC(=O)CN[C@H](c1ccc(F)cc1)C(C)C. The third kappa shape index (κ3) is 7.23. The van der Waals surface area contributed by atoms with Crippen LogP contribution in [0.3, 0.4) is 0 Å². The molecule has 0 saturated carbocycles. The molecule has 0 aliphatic rings. The zero-order valence-corrected chi connectivity index (χ0v) is 14.2. The van der Waals surface area contributed by atoms with Gasteiger partial charge in [0.15, 0.2) is 0 Å². The summed E-state index contributed by atoms with van der Waals surface area (Å²) in [5, 5.41) is 8.42. The fourth-order valence-corrected chi connectivity index (χ4v) is 2.23. The maximum Gasteiger partial charge on any atom is 0.239 e. The fraction of sp³-hybridized carbons (Fsp3) is 0.529. The van der Waals surface area contributed by atoms with Gasteiger partial charge in [0.1, 0.15) is 5.82 Å². The normalized spacial score (nSPS) is 12.3. The van der Waals surface area contributed by atoms with Crippen LogP contribution >= 0.6 is 0 Å². The Kier molecular flexibility index (Phi) is 7.68. The minimum Gasteiger partial charge on any atom is -0.352 e. The van der Waals surface area contributed by atoms with Crippen LogP contribution in [-0.2, 0) is 9.59 Å². The van der Waals surface area contributed by atoms with E-state index in [4.69, 9.17) is 0 Å². The number of halogens is 1. The highest BCUT2D eigenvalue weighted by molar-refractivity contribution is 5.85. The number of amides is 2. The molecule has 0 spiro atoms. The summed E-state index contributed by atoms with van der Waals surface area (Å²) in [5.74, 6) is -0.522. The molecule has 128 valence electrons. The first-order valence-electron chi connectivity index (χ1n) is 7.84. The van der Waals surface area contributed by atoms with Gasteiger partial charge in [-0.2, -0.15) is 0 Å². The number of hydrogen-bond acceptors (Lipinski definition) is 3. The van der Waals surface area contributed by atoms with Gasteiger partial charge in [0, 0.05) is 12.1 Å². The van der Waals surface area contributed by atoms with Crippen LogP contribution in [0.1, 0.15) is 39.3 Å². The van der Waals surface area contributed by atoms with E-state index in [0.717, 1.165) is 5.56 Å². The minimum atomic E-state index is -0.287. The monoisotopic (exact) mass is 323 g/mol. The van der Waals surface area contributed by atoms with Crippen molar-refractivity contribution in [2.24, 2.45) is 5.92 Å². The van der Waals surface area contributed by atoms with Crippen molar-refractivity contribution < 1.29 is 14.0 Å². The molecule has 0 saturated heterocycles. The summed E-state index contributed by atoms with van der Waals surface area (Å²) in [6, 6.07) is 6.21. The Morgan fingerprint density at radius 3 is 2.13 bits per heavy atom. The predicted octanol–water partition coefficient (Wildman–Crippen LogP) is 1.75. The molecule has 0 fully saturated rings. The molecule has 0 aliphatic heterocycles. The van der Waals surface area contributed by atoms with Crippen LogP contribution in [-0.4, -0.2) is 30.9 Å². The van der Waals surface area contributed by atoms with Gasteiger partial charge in [0.25, 0.3) is 0 Å². The highest BCUT2D eigenvalue weighted by Gasteiger charge is 2.17. The quantitative estimate of drug-likeness (QED) is 0.683. The largest absolute Gasteiger partial charge is 0.352 e. The van der Waals surface area contributed by atoms with Gasteiger partial charge in [-0.3, -0.25) is 9.59 Å². The van der Waals surface area contributed by atoms with Gasteiger partial charge in [0.2, 0.25) is 11.8 Å². The van der Waals surface area contributed by atoms with Crippen molar-refractivity contribution in [3.63, 3.8) is 0 Å². The van der Waals surface area contributed by atoms with E-state index in [2.05, 4.69) is 16.0 Å². The highest BCUT2D eigenvalue weighted by atomic mass is 19.1. The molecule has 0 aromatic heterocycles. The molecule has 2 amide bonds. The first-order valence-corrected chi connectivity index (χ1v) is 7.84. The molecular weight excluding hydrogens is 297 g/mol. The van der Waals surface area contributed by atoms with E-state index in [1.165, 1.54) is 12.1 Å². The van der Waals surface area contributed by atoms with Crippen LogP contribution in [0.25, 0.3) is 0 Å². The molecule has 1 aromatic rings. The smallest absolute Gasteiger partial charge is 0.239 e. The van der Waals surface area contributed by atoms with Crippen LogP contribution < -0.4 is 16.0 Å². The Bertz CT molecular complexity index is 515. The lowest BCUT2D eigenvalue weighted by Crippen LogP contribution is -2.43. The first kappa shape index (κ1) is 19.1. The lowest BCUT2D eigenvalue weighted by molar-refractivity contribution is -0.126. The molecule has 0 bridgehead atoms. The average Bonchev–Trinajstić information content (AvgIpc) is 2.46. The van der Waals surface area contributed by atoms with Gasteiger partial charge in [-0.25, -0.2) is 4.39 Å². The molecule has 23 heavy (non-hydrogen) atoms. The number of carbonyl (C=O) groups excluding carboxylic acids is 2. The standard InChI is InChI=1S/C17H26FN3O2/c1-11(2)17(13-5-7-14(18)8-6-13)20-9-15(22)19-10-16(23)21-12(3)4/h5-8,11-12,17,20H,9-10H2,1-4H3,(H,19,22)(H,21,23)/t17-/m0/s1. The second-order valence-electron chi connectivity index (χ2n) is 6.15. The summed E-state index contributed by atoms with van der Waals surface area (Å²) in [4.78, 5) is 23.3. The van der Waals surface area contributed by atoms with E-state index in [9.17, 15) is 14.0 Å². The molecule has 1 aromatic carbocycles. The Hall–Kier alpha value is -1.95. The number of rotatable bonds is 8. The molecule has 6 heteroatoms. The van der Waals surface area contributed by atoms with E-state index in [0.29, 0.717) is 0 Å². The van der Waals surface area contributed by atoms with Gasteiger partial charge < -0.3 is 16.0 Å². The summed E-state index contributed by atoms with van der Waals surface area (Å²) in [6.45, 7) is 7.81. The first-order chi connectivity index (χ1) is 10.8. The maximum atomic E-state index is 13.0. The van der Waals surface area contributed by atoms with E-state index in [-0.39, 0.29) is 48.7 Å². The van der Waals surface area contributed by atoms with E-state index >= 15 is 0 Å². The summed E-state index contributed by atoms with van der Waals surface area (Å²) < 4.78 is 13.0. The Morgan fingerprint density at radius 1 is 1.00 bits per heavy atom. The summed E-state index contributed by atoms with van der Waals surface area (Å²) in [5.41, 5.74) is 0.923. The molecule has 1 atom stereocenters. The summed E-state index contributed by atoms with van der Waals surface area (Å²) in [7, 11) is 0. The third-order valence-corrected chi connectivity index (χ3v) is 3.27. The van der Waals surface area contributed by atoms with Crippen molar-refractivity contribution in [2.45, 2.75) is 39.8 Å². The van der Waals surface area contributed by atoms with E-state index < -0.39 is 0 Å². The minimum absolute atomic E-state index is 0.0401. The molecule has 0 heterocycles. The molecule has 3 N–H and O–H groups in total. The third-order valence-electron chi connectivity index (χ3n) is 3.27. The van der Waals surface area contributed by atoms with Gasteiger partial charge in [-0.05, 0) is 37.5 Å². The van der Waals surface area contributed by atoms with Gasteiger partial charge in [0.05, 0.1) is 13.1 Å². The number of benzene rings is 1. The predicted molar refractivity (Wildman–Crippen MR) is 88.3 cm³/mol. The van der Waals surface area contributed by atoms with Crippen molar-refractivity contribution in [1.82, 2.24) is 16.0 Å². The average molecular weight is 323 g/mol. The molecule has 5 nitrogen and oxygen atoms in total. The summed E-state index contributed by atoms with van der Waals surface area (Å²) in [6.07, 6.45) is 0. The highest BCUT2D eigenvalue weighted by Crippen LogP contribution is 2.21. The van der Waals surface area contributed by atoms with Crippen LogP contribution in [0.15, 0.2) is 24.3 Å². The Balaban J connectivity index is 2.48. The number of hydrogen-bond donors (Lipinski definition) is 3. The topological polar surface area (TPSA) is 70.2 Å². The molecule has 1 rings (SSSR count). The van der Waals surface area contributed by atoms with Crippen molar-refractivity contribution in [1.29, 1.82) is 0 Å². The molecule has 0 radical (unpaired) electrons. The zero-order valence-electron chi connectivity index (χ0n) is 14.2. The van der Waals surface area contributed by atoms with Crippen molar-refractivity contribution in [3.05, 3.63) is 35.6 Å². The van der Waals surface area contributed by atoms with E-state index in [1.54, 1.807) is 12.1 Å². The molecular formula is C17H26FN3O2.